The van der Waals surface area contributed by atoms with Crippen LogP contribution in [0.25, 0.3) is 22.3 Å². The summed E-state index contributed by atoms with van der Waals surface area (Å²) in [6, 6.07) is 5.39. The molecule has 1 aliphatic heterocycles. The van der Waals surface area contributed by atoms with Crippen molar-refractivity contribution in [1.82, 2.24) is 20.3 Å². The lowest BCUT2D eigenvalue weighted by Crippen LogP contribution is -2.51. The van der Waals surface area contributed by atoms with E-state index in [1.54, 1.807) is 13.0 Å². The highest BCUT2D eigenvalue weighted by molar-refractivity contribution is 8.01. The van der Waals surface area contributed by atoms with Crippen LogP contribution in [-0.4, -0.2) is 62.5 Å². The zero-order valence-corrected chi connectivity index (χ0v) is 23.6. The Kier molecular flexibility index (Phi) is 8.74. The first-order valence-corrected chi connectivity index (χ1v) is 14.9. The molecule has 0 bridgehead atoms. The molecule has 224 valence electrons. The molecule has 0 saturated carbocycles. The number of benzene rings is 1. The van der Waals surface area contributed by atoms with Crippen LogP contribution in [-0.2, 0) is 9.71 Å². The highest BCUT2D eigenvalue weighted by Crippen LogP contribution is 2.34. The van der Waals surface area contributed by atoms with Gasteiger partial charge in [-0.05, 0) is 42.0 Å². The van der Waals surface area contributed by atoms with E-state index >= 15 is 0 Å². The lowest BCUT2D eigenvalue weighted by molar-refractivity contribution is -0.129. The Hall–Kier alpha value is -3.13. The van der Waals surface area contributed by atoms with E-state index in [2.05, 4.69) is 36.2 Å². The van der Waals surface area contributed by atoms with Crippen molar-refractivity contribution in [2.24, 2.45) is 5.41 Å². The number of anilines is 2. The second-order valence-corrected chi connectivity index (χ2v) is 13.2. The third-order valence-electron chi connectivity index (χ3n) is 6.97. The van der Waals surface area contributed by atoms with Crippen LogP contribution in [0.1, 0.15) is 45.1 Å². The largest absolute Gasteiger partial charge is 0.390 e. The van der Waals surface area contributed by atoms with Crippen molar-refractivity contribution >= 4 is 38.2 Å². The van der Waals surface area contributed by atoms with Crippen LogP contribution in [0, 0.1) is 11.2 Å². The lowest BCUT2D eigenvalue weighted by Gasteiger charge is -2.38. The predicted octanol–water partition coefficient (Wildman–Crippen LogP) is 6.00. The third kappa shape index (κ3) is 7.59. The fourth-order valence-electron chi connectivity index (χ4n) is 4.68. The van der Waals surface area contributed by atoms with Crippen molar-refractivity contribution < 1.29 is 30.6 Å². The molecule has 3 N–H and O–H groups in total. The summed E-state index contributed by atoms with van der Waals surface area (Å²) < 4.78 is 94.3. The van der Waals surface area contributed by atoms with Crippen molar-refractivity contribution in [3.63, 3.8) is 0 Å². The molecule has 1 aromatic carbocycles. The summed E-state index contributed by atoms with van der Waals surface area (Å²) in [5, 5.41) is 6.19. The van der Waals surface area contributed by atoms with Gasteiger partial charge >= 0.3 is 6.18 Å². The Morgan fingerprint density at radius 2 is 1.95 bits per heavy atom. The van der Waals surface area contributed by atoms with Gasteiger partial charge in [0.2, 0.25) is 12.4 Å². The quantitative estimate of drug-likeness (QED) is 0.206. The fraction of sp³-hybridized carbons (Fsp3) is 0.481. The number of hydrogen-bond donors (Lipinski definition) is 3. The van der Waals surface area contributed by atoms with E-state index in [0.717, 1.165) is 11.6 Å². The molecule has 1 aliphatic rings. The highest BCUT2D eigenvalue weighted by Gasteiger charge is 2.40. The third-order valence-corrected chi connectivity index (χ3v) is 8.42. The number of alkyl halides is 5. The number of nitrogens with zero attached hydrogens (tertiary/aromatic N) is 3. The molecule has 1 saturated heterocycles. The summed E-state index contributed by atoms with van der Waals surface area (Å²) in [6.45, 7) is 6.15. The summed E-state index contributed by atoms with van der Waals surface area (Å²) in [4.78, 5) is 13.5. The average molecular weight is 603 g/mol. The van der Waals surface area contributed by atoms with E-state index in [9.17, 15) is 30.6 Å². The normalized spacial score (nSPS) is 21.3. The van der Waals surface area contributed by atoms with Crippen molar-refractivity contribution in [2.45, 2.75) is 58.2 Å². The van der Waals surface area contributed by atoms with Gasteiger partial charge in [-0.2, -0.15) is 13.2 Å². The number of pyridine rings is 1. The van der Waals surface area contributed by atoms with Gasteiger partial charge in [0.05, 0.1) is 29.5 Å². The molecule has 0 aliphatic carbocycles. The van der Waals surface area contributed by atoms with Gasteiger partial charge in [0.15, 0.2) is 0 Å². The maximum atomic E-state index is 14.9. The first-order chi connectivity index (χ1) is 19.1. The van der Waals surface area contributed by atoms with Crippen molar-refractivity contribution in [3.8, 4) is 11.3 Å². The first kappa shape index (κ1) is 30.8. The van der Waals surface area contributed by atoms with E-state index in [0.29, 0.717) is 28.8 Å². The highest BCUT2D eigenvalue weighted by atomic mass is 32.2. The van der Waals surface area contributed by atoms with Crippen molar-refractivity contribution in [2.75, 3.05) is 28.9 Å². The van der Waals surface area contributed by atoms with Gasteiger partial charge in [0, 0.05) is 45.6 Å². The lowest BCUT2D eigenvalue weighted by atomic mass is 9.81. The standard InChI is InChI=1S/C27H32F6N6OS/c1-15(2)18-10-21(16-5-6-20(19(28)9-16)39-41(4,40)8-7-27(31,32)33)37-22-13-35-25(38-23(18)22)36-17-11-26(3,24(29)30)14-34-12-17/h5-6,9-10,13,15,17,24,34H,4,7-8,11-12,14H2,1-3H3,(H,39,40)(H,35,36,38)/t17-,26+,41?/m0/s1. The average Bonchev–Trinajstić information content (AvgIpc) is 2.87. The van der Waals surface area contributed by atoms with Gasteiger partial charge in [-0.25, -0.2) is 32.3 Å². The maximum absolute atomic E-state index is 14.9. The molecule has 41 heavy (non-hydrogen) atoms. The van der Waals surface area contributed by atoms with Gasteiger partial charge < -0.3 is 15.4 Å². The van der Waals surface area contributed by atoms with Gasteiger partial charge in [-0.1, -0.05) is 26.8 Å². The Balaban J connectivity index is 1.59. The summed E-state index contributed by atoms with van der Waals surface area (Å²) in [6.07, 6.45) is -6.54. The van der Waals surface area contributed by atoms with Gasteiger partial charge in [0.1, 0.15) is 11.3 Å². The van der Waals surface area contributed by atoms with E-state index in [1.807, 2.05) is 13.8 Å². The SMILES string of the molecule is C=S(=O)(CCC(F)(F)F)Nc1ccc(-c2cc(C(C)C)c3nc(N[C@@H]4CNC[C@](C)(C(F)F)C4)ncc3n2)cc1F. The molecule has 3 aromatic rings. The van der Waals surface area contributed by atoms with E-state index in [4.69, 9.17) is 0 Å². The van der Waals surface area contributed by atoms with E-state index in [-0.39, 0.29) is 36.6 Å². The number of piperidine rings is 1. The Morgan fingerprint density at radius 3 is 2.59 bits per heavy atom. The molecule has 3 atom stereocenters. The van der Waals surface area contributed by atoms with Crippen LogP contribution >= 0.6 is 0 Å². The molecule has 0 spiro atoms. The Morgan fingerprint density at radius 1 is 1.22 bits per heavy atom. The van der Waals surface area contributed by atoms with Crippen LogP contribution in [0.5, 0.6) is 0 Å². The van der Waals surface area contributed by atoms with Gasteiger partial charge in [0.25, 0.3) is 0 Å². The number of fused-ring (bicyclic) bond motifs is 1. The number of aromatic nitrogens is 3. The molecule has 2 aromatic heterocycles. The minimum absolute atomic E-state index is 0.0178. The maximum Gasteiger partial charge on any atom is 0.390 e. The summed E-state index contributed by atoms with van der Waals surface area (Å²) >= 11 is 0. The topological polar surface area (TPSA) is 91.8 Å². The molecule has 3 heterocycles. The molecule has 4 rings (SSSR count). The van der Waals surface area contributed by atoms with Gasteiger partial charge in [-0.15, -0.1) is 0 Å². The second-order valence-electron chi connectivity index (χ2n) is 11.0. The molecule has 1 unspecified atom stereocenters. The zero-order chi connectivity index (χ0) is 30.2. The number of nitrogens with one attached hydrogen (secondary N) is 3. The van der Waals surface area contributed by atoms with E-state index < -0.39 is 45.7 Å². The van der Waals surface area contributed by atoms with Gasteiger partial charge in [-0.3, -0.25) is 0 Å². The number of hydrogen-bond acceptors (Lipinski definition) is 6. The van der Waals surface area contributed by atoms with Crippen molar-refractivity contribution in [3.05, 3.63) is 41.8 Å². The number of halogens is 6. The minimum Gasteiger partial charge on any atom is -0.350 e. The fourth-order valence-corrected chi connectivity index (χ4v) is 5.91. The first-order valence-electron chi connectivity index (χ1n) is 13.0. The molecular formula is C27H32F6N6OS. The van der Waals surface area contributed by atoms with Crippen LogP contribution in [0.2, 0.25) is 0 Å². The van der Waals surface area contributed by atoms with Crippen LogP contribution in [0.3, 0.4) is 0 Å². The Bertz CT molecular complexity index is 1510. The Labute approximate surface area is 234 Å². The molecular weight excluding hydrogens is 570 g/mol. The summed E-state index contributed by atoms with van der Waals surface area (Å²) in [5.74, 6) is 1.94. The monoisotopic (exact) mass is 602 g/mol. The minimum atomic E-state index is -4.51. The van der Waals surface area contributed by atoms with Crippen LogP contribution < -0.4 is 15.4 Å². The number of rotatable bonds is 9. The van der Waals surface area contributed by atoms with E-state index in [1.165, 1.54) is 18.3 Å². The van der Waals surface area contributed by atoms with Crippen LogP contribution in [0.4, 0.5) is 38.0 Å². The smallest absolute Gasteiger partial charge is 0.350 e. The summed E-state index contributed by atoms with van der Waals surface area (Å²) in [7, 11) is -3.43. The molecule has 1 fully saturated rings. The zero-order valence-electron chi connectivity index (χ0n) is 22.8. The van der Waals surface area contributed by atoms with Crippen LogP contribution in [0.15, 0.2) is 30.5 Å². The molecule has 7 nitrogen and oxygen atoms in total. The molecule has 14 heteroatoms. The summed E-state index contributed by atoms with van der Waals surface area (Å²) in [5.41, 5.74) is 1.18. The molecule has 0 amide bonds. The van der Waals surface area contributed by atoms with Crippen molar-refractivity contribution in [1.29, 1.82) is 0 Å². The predicted molar refractivity (Wildman–Crippen MR) is 150 cm³/mol. The second kappa shape index (κ2) is 11.6. The molecule has 0 radical (unpaired) electrons.